The van der Waals surface area contributed by atoms with Crippen LogP contribution in [0, 0.1) is 0 Å². The molecule has 0 saturated carbocycles. The zero-order valence-corrected chi connectivity index (χ0v) is 5.09. The fourth-order valence-electron chi connectivity index (χ4n) is 0.238. The molecule has 0 unspecified atom stereocenters. The van der Waals surface area contributed by atoms with Crippen molar-refractivity contribution in [3.05, 3.63) is 12.7 Å². The van der Waals surface area contributed by atoms with Crippen molar-refractivity contribution >= 4 is 0 Å². The van der Waals surface area contributed by atoms with Gasteiger partial charge in [-0.3, -0.25) is 0 Å². The monoisotopic (exact) mass is 164 g/mol. The van der Waals surface area contributed by atoms with Crippen molar-refractivity contribution in [1.82, 2.24) is 10.1 Å². The van der Waals surface area contributed by atoms with Crippen LogP contribution in [0.5, 0.6) is 0 Å². The molecule has 0 aliphatic rings. The lowest BCUT2D eigenvalue weighted by Gasteiger charge is -1.67. The smallest absolute Gasteiger partial charge is 0.330 e. The van der Waals surface area contributed by atoms with Crippen LogP contribution in [-0.4, -0.2) is 10.1 Å². The molecular weight excluding hydrogens is 160 g/mol. The molecule has 0 aromatic carbocycles. The molecule has 0 radical (unpaired) electrons. The number of nitrogen functional groups attached to an aromatic ring is 1. The number of hydrogen-bond donors (Lipinski definition) is 2. The quantitative estimate of drug-likeness (QED) is 0.300. The highest BCUT2D eigenvalue weighted by molar-refractivity contribution is 4.33. The van der Waals surface area contributed by atoms with E-state index >= 15 is 0 Å². The van der Waals surface area contributed by atoms with Crippen LogP contribution in [0.4, 0.5) is 0 Å². The number of nitrogens with two attached hydrogens (primary N) is 1. The maximum absolute atomic E-state index is 5.08. The molecule has 0 aliphatic heterocycles. The molecule has 0 saturated heterocycles. The number of aromatic amines is 1. The summed E-state index contributed by atoms with van der Waals surface area (Å²) in [5.74, 6) is 5.08. The van der Waals surface area contributed by atoms with Crippen LogP contribution in [0.3, 0.4) is 0 Å². The van der Waals surface area contributed by atoms with Crippen LogP contribution in [0.15, 0.2) is 12.7 Å². The molecule has 0 bridgehead atoms. The molecule has 1 heterocycles. The first-order valence-corrected chi connectivity index (χ1v) is 1.55. The van der Waals surface area contributed by atoms with Crippen molar-refractivity contribution in [1.29, 1.82) is 0 Å². The molecule has 0 amide bonds. The molecule has 1 aromatic rings. The molecule has 7 heavy (non-hydrogen) atoms. The maximum atomic E-state index is 5.08. The predicted molar refractivity (Wildman–Crippen MR) is 18.9 cm³/mol. The Balaban J connectivity index is 0.000000360. The minimum Gasteiger partial charge on any atom is -1.00 e. The third-order valence-corrected chi connectivity index (χ3v) is 0.472. The Hall–Kier alpha value is -0.580. The van der Waals surface area contributed by atoms with E-state index in [-0.39, 0.29) is 17.0 Å². The Morgan fingerprint density at radius 2 is 2.43 bits per heavy atom. The number of aromatic nitrogens is 3. The third-order valence-electron chi connectivity index (χ3n) is 0.472. The summed E-state index contributed by atoms with van der Waals surface area (Å²) in [5, 5.41) is 2.58. The van der Waals surface area contributed by atoms with E-state index in [0.717, 1.165) is 0 Å². The summed E-state index contributed by atoms with van der Waals surface area (Å²) in [6, 6.07) is 0. The van der Waals surface area contributed by atoms with Crippen LogP contribution < -0.4 is 27.6 Å². The van der Waals surface area contributed by atoms with Gasteiger partial charge in [0.15, 0.2) is 0 Å². The summed E-state index contributed by atoms with van der Waals surface area (Å²) >= 11 is 0. The van der Waals surface area contributed by atoms with Gasteiger partial charge >= 0.3 is 6.33 Å². The van der Waals surface area contributed by atoms with E-state index in [9.17, 15) is 0 Å². The SMILES string of the molecule is N[n+]1cnc[nH]1.[Br-]. The summed E-state index contributed by atoms with van der Waals surface area (Å²) in [7, 11) is 0. The molecule has 5 heteroatoms. The first-order valence-electron chi connectivity index (χ1n) is 1.55. The van der Waals surface area contributed by atoms with Gasteiger partial charge in [-0.2, -0.15) is 5.10 Å². The fourth-order valence-corrected chi connectivity index (χ4v) is 0.238. The van der Waals surface area contributed by atoms with Crippen LogP contribution in [0.1, 0.15) is 0 Å². The number of hydrogen-bond acceptors (Lipinski definition) is 2. The van der Waals surface area contributed by atoms with E-state index in [1.54, 1.807) is 0 Å². The van der Waals surface area contributed by atoms with Gasteiger partial charge in [0.1, 0.15) is 0 Å². The van der Waals surface area contributed by atoms with E-state index in [1.807, 2.05) is 0 Å². The lowest BCUT2D eigenvalue weighted by atomic mass is 11.3. The third kappa shape index (κ3) is 1.54. The minimum atomic E-state index is 0. The lowest BCUT2D eigenvalue weighted by Crippen LogP contribution is -3.00. The Bertz CT molecular complexity index is 113. The first-order chi connectivity index (χ1) is 2.89. The van der Waals surface area contributed by atoms with E-state index in [1.165, 1.54) is 17.4 Å². The zero-order chi connectivity index (χ0) is 4.41. The summed E-state index contributed by atoms with van der Waals surface area (Å²) in [4.78, 5) is 4.87. The molecule has 1 rings (SSSR count). The summed E-state index contributed by atoms with van der Waals surface area (Å²) in [6.07, 6.45) is 2.97. The Labute approximate surface area is 51.1 Å². The molecule has 0 spiro atoms. The molecule has 3 N–H and O–H groups in total. The standard InChI is InChI=1S/C2H4N4.BrH/c3-6-2-4-1-5-6;/h1-2H,3H2;1H. The second-order valence-electron chi connectivity index (χ2n) is 0.930. The molecule has 40 valence electrons. The Morgan fingerprint density at radius 3 is 2.57 bits per heavy atom. The second kappa shape index (κ2) is 2.57. The highest BCUT2D eigenvalue weighted by Crippen LogP contribution is 1.48. The van der Waals surface area contributed by atoms with Gasteiger partial charge in [0, 0.05) is 0 Å². The Kier molecular flexibility index (Phi) is 2.36. The van der Waals surface area contributed by atoms with Gasteiger partial charge in [0.05, 0.1) is 0 Å². The molecule has 0 fully saturated rings. The summed E-state index contributed by atoms with van der Waals surface area (Å²) in [5.41, 5.74) is 0. The van der Waals surface area contributed by atoms with Crippen LogP contribution in [0.25, 0.3) is 0 Å². The van der Waals surface area contributed by atoms with Gasteiger partial charge in [-0.25, -0.2) is 5.84 Å². The average molecular weight is 165 g/mol. The second-order valence-corrected chi connectivity index (χ2v) is 0.930. The van der Waals surface area contributed by atoms with Crippen molar-refractivity contribution in [2.75, 3.05) is 5.84 Å². The van der Waals surface area contributed by atoms with Gasteiger partial charge in [-0.15, -0.1) is 0 Å². The van der Waals surface area contributed by atoms with Crippen LogP contribution in [0.2, 0.25) is 0 Å². The lowest BCUT2D eigenvalue weighted by molar-refractivity contribution is -0.697. The van der Waals surface area contributed by atoms with Gasteiger partial charge in [0.25, 0.3) is 0 Å². The zero-order valence-electron chi connectivity index (χ0n) is 3.50. The van der Waals surface area contributed by atoms with Crippen LogP contribution in [-0.2, 0) is 0 Å². The fraction of sp³-hybridized carbons (Fsp3) is 0. The van der Waals surface area contributed by atoms with Gasteiger partial charge in [0.2, 0.25) is 6.33 Å². The van der Waals surface area contributed by atoms with Gasteiger partial charge in [-0.05, 0) is 4.98 Å². The molecule has 1 aromatic heterocycles. The number of nitrogens with zero attached hydrogens (tertiary/aromatic N) is 2. The average Bonchev–Trinajstić information content (AvgIpc) is 1.86. The van der Waals surface area contributed by atoms with Crippen molar-refractivity contribution in [2.24, 2.45) is 0 Å². The first kappa shape index (κ1) is 6.42. The van der Waals surface area contributed by atoms with Gasteiger partial charge < -0.3 is 17.0 Å². The minimum absolute atomic E-state index is 0. The highest BCUT2D eigenvalue weighted by atomic mass is 79.9. The predicted octanol–water partition coefficient (Wildman–Crippen LogP) is -4.58. The van der Waals surface area contributed by atoms with Crippen molar-refractivity contribution in [3.8, 4) is 0 Å². The van der Waals surface area contributed by atoms with E-state index in [4.69, 9.17) is 5.84 Å². The van der Waals surface area contributed by atoms with Crippen molar-refractivity contribution < 1.29 is 21.8 Å². The largest absolute Gasteiger partial charge is 1.00 e. The normalized spacial score (nSPS) is 7.43. The van der Waals surface area contributed by atoms with E-state index in [2.05, 4.69) is 10.1 Å². The molecule has 0 atom stereocenters. The Morgan fingerprint density at radius 1 is 1.71 bits per heavy atom. The molecule has 0 aliphatic carbocycles. The molecule has 4 nitrogen and oxygen atoms in total. The van der Waals surface area contributed by atoms with E-state index < -0.39 is 0 Å². The maximum Gasteiger partial charge on any atom is 0.330 e. The summed E-state index contributed by atoms with van der Waals surface area (Å²) in [6.45, 7) is 0. The number of halogens is 1. The number of rotatable bonds is 0. The van der Waals surface area contributed by atoms with Crippen LogP contribution >= 0.6 is 0 Å². The van der Waals surface area contributed by atoms with Crippen molar-refractivity contribution in [3.63, 3.8) is 0 Å². The molecular formula is C2H5BrN4. The van der Waals surface area contributed by atoms with E-state index in [0.29, 0.717) is 0 Å². The topological polar surface area (TPSA) is 58.6 Å². The van der Waals surface area contributed by atoms with Gasteiger partial charge in [-0.1, -0.05) is 4.79 Å². The van der Waals surface area contributed by atoms with Crippen molar-refractivity contribution in [2.45, 2.75) is 0 Å². The number of nitrogens with one attached hydrogen (secondary N) is 1. The number of H-pyrrole nitrogens is 1. The summed E-state index contributed by atoms with van der Waals surface area (Å²) < 4.78 is 0. The highest BCUT2D eigenvalue weighted by Gasteiger charge is 1.82.